The largest absolute Gasteiger partial charge is 0.354 e. The van der Waals surface area contributed by atoms with E-state index in [4.69, 9.17) is 0 Å². The molecule has 3 fully saturated rings. The van der Waals surface area contributed by atoms with Gasteiger partial charge in [-0.15, -0.1) is 0 Å². The van der Waals surface area contributed by atoms with Crippen LogP contribution in [0.1, 0.15) is 44.9 Å². The maximum atomic E-state index is 12.8. The van der Waals surface area contributed by atoms with Gasteiger partial charge in [0.05, 0.1) is 0 Å². The van der Waals surface area contributed by atoms with Gasteiger partial charge in [0.15, 0.2) is 0 Å². The van der Waals surface area contributed by atoms with Crippen LogP contribution in [0.3, 0.4) is 0 Å². The van der Waals surface area contributed by atoms with Crippen molar-refractivity contribution in [2.45, 2.75) is 51.0 Å². The summed E-state index contributed by atoms with van der Waals surface area (Å²) in [6, 6.07) is 6.68. The zero-order valence-corrected chi connectivity index (χ0v) is 15.9. The Kier molecular flexibility index (Phi) is 5.73. The molecule has 1 aromatic heterocycles. The highest BCUT2D eigenvalue weighted by Crippen LogP contribution is 2.27. The van der Waals surface area contributed by atoms with E-state index in [9.17, 15) is 4.79 Å². The summed E-state index contributed by atoms with van der Waals surface area (Å²) >= 11 is 0. The molecule has 2 saturated heterocycles. The van der Waals surface area contributed by atoms with Gasteiger partial charge in [-0.3, -0.25) is 9.69 Å². The number of anilines is 1. The van der Waals surface area contributed by atoms with E-state index >= 15 is 0 Å². The van der Waals surface area contributed by atoms with Crippen LogP contribution >= 0.6 is 0 Å². The van der Waals surface area contributed by atoms with Crippen LogP contribution in [0.5, 0.6) is 0 Å². The minimum Gasteiger partial charge on any atom is -0.354 e. The summed E-state index contributed by atoms with van der Waals surface area (Å²) in [5.74, 6) is 1.83. The molecule has 3 heterocycles. The third-order valence-corrected chi connectivity index (χ3v) is 6.43. The average Bonchev–Trinajstić information content (AvgIpc) is 2.61. The molecule has 0 radical (unpaired) electrons. The molecule has 0 bridgehead atoms. The predicted octanol–water partition coefficient (Wildman–Crippen LogP) is 2.77. The number of nitrogens with zero attached hydrogens (tertiary/aromatic N) is 4. The quantitative estimate of drug-likeness (QED) is 0.835. The lowest BCUT2D eigenvalue weighted by atomic mass is 9.89. The van der Waals surface area contributed by atoms with Crippen molar-refractivity contribution >= 4 is 11.7 Å². The highest BCUT2D eigenvalue weighted by atomic mass is 16.2. The molecule has 1 saturated carbocycles. The molecule has 142 valence electrons. The van der Waals surface area contributed by atoms with E-state index in [-0.39, 0.29) is 0 Å². The van der Waals surface area contributed by atoms with Crippen molar-refractivity contribution in [3.63, 3.8) is 0 Å². The van der Waals surface area contributed by atoms with E-state index in [2.05, 4.69) is 31.8 Å². The molecule has 0 atom stereocenters. The van der Waals surface area contributed by atoms with Gasteiger partial charge in [-0.2, -0.15) is 0 Å². The second-order valence-corrected chi connectivity index (χ2v) is 8.15. The Morgan fingerprint density at radius 3 is 2.27 bits per heavy atom. The van der Waals surface area contributed by atoms with E-state index in [1.54, 1.807) is 0 Å². The summed E-state index contributed by atoms with van der Waals surface area (Å²) < 4.78 is 0. The first-order valence-corrected chi connectivity index (χ1v) is 10.5. The molecule has 1 amide bonds. The summed E-state index contributed by atoms with van der Waals surface area (Å²) in [7, 11) is 0. The van der Waals surface area contributed by atoms with Gasteiger partial charge in [0, 0.05) is 57.4 Å². The number of amides is 1. The average molecular weight is 357 g/mol. The number of pyridine rings is 1. The molecule has 4 rings (SSSR count). The van der Waals surface area contributed by atoms with Gasteiger partial charge in [0.1, 0.15) is 5.82 Å². The second kappa shape index (κ2) is 8.38. The number of piperazine rings is 1. The number of carbonyl (C=O) groups excluding carboxylic acids is 1. The molecule has 0 N–H and O–H groups in total. The minimum absolute atomic E-state index is 0.303. The summed E-state index contributed by atoms with van der Waals surface area (Å²) in [5.41, 5.74) is 0. The number of hydrogen-bond donors (Lipinski definition) is 0. The van der Waals surface area contributed by atoms with Crippen molar-refractivity contribution < 1.29 is 4.79 Å². The minimum atomic E-state index is 0.303. The number of carbonyl (C=O) groups is 1. The van der Waals surface area contributed by atoms with Gasteiger partial charge in [-0.1, -0.05) is 38.2 Å². The lowest BCUT2D eigenvalue weighted by molar-refractivity contribution is -0.144. The molecule has 26 heavy (non-hydrogen) atoms. The van der Waals surface area contributed by atoms with Gasteiger partial charge < -0.3 is 9.80 Å². The number of aromatic nitrogens is 1. The molecular formula is C21H32N4O. The highest BCUT2D eigenvalue weighted by Gasteiger charge is 2.38. The molecule has 1 aromatic rings. The number of hydrogen-bond acceptors (Lipinski definition) is 4. The standard InChI is InChI=1S/C21H32N4O/c26-21(18-8-4-2-1-3-5-9-18)25-16-19(17-25)23-12-14-24(15-13-23)20-10-6-7-11-22-20/h6-7,10-11,18-19H,1-5,8-9,12-17H2. The molecule has 3 aliphatic rings. The molecule has 5 heteroatoms. The fourth-order valence-corrected chi connectivity index (χ4v) is 4.68. The molecule has 0 unspecified atom stereocenters. The van der Waals surface area contributed by atoms with Crippen LogP contribution < -0.4 is 4.90 Å². The van der Waals surface area contributed by atoms with Gasteiger partial charge in [-0.25, -0.2) is 4.98 Å². The van der Waals surface area contributed by atoms with Crippen molar-refractivity contribution in [1.29, 1.82) is 0 Å². The van der Waals surface area contributed by atoms with Crippen molar-refractivity contribution in [3.05, 3.63) is 24.4 Å². The van der Waals surface area contributed by atoms with Crippen LogP contribution in [0.25, 0.3) is 0 Å². The van der Waals surface area contributed by atoms with Crippen LogP contribution in [0, 0.1) is 5.92 Å². The second-order valence-electron chi connectivity index (χ2n) is 8.15. The molecule has 0 spiro atoms. The first-order valence-electron chi connectivity index (χ1n) is 10.5. The molecular weight excluding hydrogens is 324 g/mol. The van der Waals surface area contributed by atoms with Crippen molar-refractivity contribution in [2.75, 3.05) is 44.2 Å². The first-order chi connectivity index (χ1) is 12.8. The maximum Gasteiger partial charge on any atom is 0.225 e. The molecule has 1 aliphatic carbocycles. The lowest BCUT2D eigenvalue weighted by Gasteiger charge is -2.49. The summed E-state index contributed by atoms with van der Waals surface area (Å²) in [6.07, 6.45) is 10.6. The smallest absolute Gasteiger partial charge is 0.225 e. The normalized spacial score (nSPS) is 24.0. The Morgan fingerprint density at radius 2 is 1.62 bits per heavy atom. The Morgan fingerprint density at radius 1 is 0.923 bits per heavy atom. The fraction of sp³-hybridized carbons (Fsp3) is 0.714. The third kappa shape index (κ3) is 4.03. The van der Waals surface area contributed by atoms with Crippen LogP contribution in [0.4, 0.5) is 5.82 Å². The van der Waals surface area contributed by atoms with Crippen LogP contribution in [-0.2, 0) is 4.79 Å². The third-order valence-electron chi connectivity index (χ3n) is 6.43. The van der Waals surface area contributed by atoms with Crippen LogP contribution in [-0.4, -0.2) is 66.0 Å². The molecule has 5 nitrogen and oxygen atoms in total. The van der Waals surface area contributed by atoms with E-state index in [0.717, 1.165) is 57.9 Å². The monoisotopic (exact) mass is 356 g/mol. The Labute approximate surface area is 157 Å². The first kappa shape index (κ1) is 17.8. The summed E-state index contributed by atoms with van der Waals surface area (Å²) in [5, 5.41) is 0. The van der Waals surface area contributed by atoms with Gasteiger partial charge in [-0.05, 0) is 25.0 Å². The molecule has 0 aromatic carbocycles. The number of likely N-dealkylation sites (tertiary alicyclic amines) is 1. The Bertz CT molecular complexity index is 571. The van der Waals surface area contributed by atoms with Gasteiger partial charge in [0.25, 0.3) is 0 Å². The van der Waals surface area contributed by atoms with E-state index in [1.165, 1.54) is 32.1 Å². The predicted molar refractivity (Wildman–Crippen MR) is 104 cm³/mol. The van der Waals surface area contributed by atoms with Crippen molar-refractivity contribution in [3.8, 4) is 0 Å². The fourth-order valence-electron chi connectivity index (χ4n) is 4.68. The van der Waals surface area contributed by atoms with Crippen LogP contribution in [0.2, 0.25) is 0 Å². The Hall–Kier alpha value is -1.62. The van der Waals surface area contributed by atoms with E-state index < -0.39 is 0 Å². The summed E-state index contributed by atoms with van der Waals surface area (Å²) in [4.78, 5) is 24.3. The Balaban J connectivity index is 1.22. The van der Waals surface area contributed by atoms with Crippen molar-refractivity contribution in [2.24, 2.45) is 5.92 Å². The SMILES string of the molecule is O=C(C1CCCCCCC1)N1CC(N2CCN(c3ccccn3)CC2)C1. The van der Waals surface area contributed by atoms with Gasteiger partial charge in [0.2, 0.25) is 5.91 Å². The zero-order chi connectivity index (χ0) is 17.8. The van der Waals surface area contributed by atoms with Gasteiger partial charge >= 0.3 is 0 Å². The number of rotatable bonds is 3. The van der Waals surface area contributed by atoms with Crippen LogP contribution in [0.15, 0.2) is 24.4 Å². The highest BCUT2D eigenvalue weighted by molar-refractivity contribution is 5.79. The topological polar surface area (TPSA) is 39.7 Å². The van der Waals surface area contributed by atoms with E-state index in [0.29, 0.717) is 17.9 Å². The van der Waals surface area contributed by atoms with Crippen molar-refractivity contribution in [1.82, 2.24) is 14.8 Å². The zero-order valence-electron chi connectivity index (χ0n) is 15.9. The maximum absolute atomic E-state index is 12.8. The lowest BCUT2D eigenvalue weighted by Crippen LogP contribution is -2.65. The molecule has 2 aliphatic heterocycles. The van der Waals surface area contributed by atoms with E-state index in [1.807, 2.05) is 12.3 Å². The summed E-state index contributed by atoms with van der Waals surface area (Å²) in [6.45, 7) is 6.10.